The molecule has 170 valence electrons. The first-order valence-corrected chi connectivity index (χ1v) is 12.0. The number of nitrogens with zero attached hydrogens (tertiary/aromatic N) is 6. The van der Waals surface area contributed by atoms with Gasteiger partial charge in [0, 0.05) is 50.4 Å². The number of guanidine groups is 1. The lowest BCUT2D eigenvalue weighted by Gasteiger charge is -2.36. The third-order valence-electron chi connectivity index (χ3n) is 6.94. The molecule has 2 saturated heterocycles. The maximum atomic E-state index is 13.4. The highest BCUT2D eigenvalue weighted by molar-refractivity contribution is 6.09. The first-order chi connectivity index (χ1) is 15.8. The molecule has 5 aliphatic rings. The van der Waals surface area contributed by atoms with Gasteiger partial charge in [-0.15, -0.1) is 0 Å². The Balaban J connectivity index is 1.27. The van der Waals surface area contributed by atoms with Crippen LogP contribution < -0.4 is 10.7 Å². The molecule has 0 radical (unpaired) electrons. The Kier molecular flexibility index (Phi) is 5.09. The predicted octanol–water partition coefficient (Wildman–Crippen LogP) is 1.07. The maximum absolute atomic E-state index is 13.4. The van der Waals surface area contributed by atoms with Crippen LogP contribution in [0, 0.1) is 0 Å². The highest BCUT2D eigenvalue weighted by Gasteiger charge is 2.38. The van der Waals surface area contributed by atoms with E-state index in [1.54, 1.807) is 0 Å². The summed E-state index contributed by atoms with van der Waals surface area (Å²) in [4.78, 5) is 27.2. The van der Waals surface area contributed by atoms with Crippen LogP contribution in [0.25, 0.3) is 0 Å². The van der Waals surface area contributed by atoms with Gasteiger partial charge in [-0.25, -0.2) is 4.99 Å². The Labute approximate surface area is 187 Å². The number of hydrogen-bond acceptors (Lipinski definition) is 7. The largest absolute Gasteiger partial charge is 0.340 e. The highest BCUT2D eigenvalue weighted by Crippen LogP contribution is 2.40. The molecular weight excluding hydrogens is 406 g/mol. The van der Waals surface area contributed by atoms with E-state index in [4.69, 9.17) is 9.98 Å². The molecule has 10 heteroatoms. The van der Waals surface area contributed by atoms with Gasteiger partial charge in [0.15, 0.2) is 11.7 Å². The molecule has 0 unspecified atom stereocenters. The van der Waals surface area contributed by atoms with Gasteiger partial charge in [-0.05, 0) is 45.1 Å². The van der Waals surface area contributed by atoms with Crippen LogP contribution >= 0.6 is 0 Å². The normalized spacial score (nSPS) is 27.2. The number of carbonyl (C=O) groups excluding carboxylic acids is 1. The van der Waals surface area contributed by atoms with Crippen molar-refractivity contribution in [3.05, 3.63) is 23.5 Å². The second kappa shape index (κ2) is 8.23. The second-order valence-electron chi connectivity index (χ2n) is 9.25. The minimum absolute atomic E-state index is 0.166. The summed E-state index contributed by atoms with van der Waals surface area (Å²) in [6.45, 7) is 5.13. The Bertz CT molecular complexity index is 968. The van der Waals surface area contributed by atoms with Crippen LogP contribution in [0.15, 0.2) is 27.8 Å². The monoisotopic (exact) mass is 437 g/mol. The summed E-state index contributed by atoms with van der Waals surface area (Å²) in [6, 6.07) is 1.87. The summed E-state index contributed by atoms with van der Waals surface area (Å²) in [6.07, 6.45) is 8.41. The van der Waals surface area contributed by atoms with E-state index in [2.05, 4.69) is 36.9 Å². The number of carbonyl (C=O) groups is 1. The van der Waals surface area contributed by atoms with Gasteiger partial charge in [0.1, 0.15) is 6.04 Å². The van der Waals surface area contributed by atoms with Crippen LogP contribution in [-0.4, -0.2) is 88.0 Å². The average molecular weight is 438 g/mol. The molecule has 0 spiro atoms. The first-order valence-electron chi connectivity index (χ1n) is 12.0. The number of aromatic amines is 1. The number of aromatic nitrogens is 2. The van der Waals surface area contributed by atoms with Gasteiger partial charge < -0.3 is 15.1 Å². The molecule has 3 fully saturated rings. The van der Waals surface area contributed by atoms with Gasteiger partial charge in [-0.2, -0.15) is 10.1 Å². The molecule has 1 aromatic rings. The fraction of sp³-hybridized carbons (Fsp3) is 0.636. The van der Waals surface area contributed by atoms with Crippen LogP contribution in [0.5, 0.6) is 0 Å². The molecule has 6 rings (SSSR count). The second-order valence-corrected chi connectivity index (χ2v) is 9.25. The quantitative estimate of drug-likeness (QED) is 0.654. The molecule has 32 heavy (non-hydrogen) atoms. The Morgan fingerprint density at radius 3 is 2.94 bits per heavy atom. The number of fused-ring (bicyclic) bond motifs is 1. The van der Waals surface area contributed by atoms with E-state index in [0.717, 1.165) is 82.3 Å². The van der Waals surface area contributed by atoms with Gasteiger partial charge >= 0.3 is 0 Å². The lowest BCUT2D eigenvalue weighted by Crippen LogP contribution is -2.57. The van der Waals surface area contributed by atoms with Gasteiger partial charge in [-0.3, -0.25) is 20.3 Å². The summed E-state index contributed by atoms with van der Waals surface area (Å²) in [7, 11) is 0. The lowest BCUT2D eigenvalue weighted by atomic mass is 10.2. The number of hydrazine groups is 1. The fourth-order valence-corrected chi connectivity index (χ4v) is 5.05. The Hall–Kier alpha value is -2.88. The van der Waals surface area contributed by atoms with E-state index in [-0.39, 0.29) is 11.9 Å². The molecular formula is C22H31N9O. The van der Waals surface area contributed by atoms with Crippen molar-refractivity contribution in [3.8, 4) is 0 Å². The first kappa shape index (κ1) is 19.8. The fourth-order valence-electron chi connectivity index (χ4n) is 5.05. The van der Waals surface area contributed by atoms with Crippen molar-refractivity contribution in [1.29, 1.82) is 0 Å². The molecule has 1 atom stereocenters. The molecule has 10 nitrogen and oxygen atoms in total. The number of likely N-dealkylation sites (tertiary alicyclic amines) is 1. The van der Waals surface area contributed by atoms with Crippen molar-refractivity contribution in [3.63, 3.8) is 0 Å². The van der Waals surface area contributed by atoms with Gasteiger partial charge in [0.2, 0.25) is 11.9 Å². The van der Waals surface area contributed by atoms with Crippen molar-refractivity contribution >= 4 is 23.5 Å². The molecule has 1 amide bonds. The number of aliphatic imine (C=N–C) groups is 2. The summed E-state index contributed by atoms with van der Waals surface area (Å²) in [5.41, 5.74) is 5.61. The molecule has 4 aliphatic heterocycles. The molecule has 5 heterocycles. The zero-order valence-corrected chi connectivity index (χ0v) is 18.4. The molecule has 1 saturated carbocycles. The molecule has 0 aromatic carbocycles. The van der Waals surface area contributed by atoms with Crippen LogP contribution in [0.1, 0.15) is 50.1 Å². The number of hydrogen-bond donors (Lipinski definition) is 3. The number of amidine groups is 1. The maximum Gasteiger partial charge on any atom is 0.245 e. The van der Waals surface area contributed by atoms with E-state index < -0.39 is 0 Å². The van der Waals surface area contributed by atoms with Crippen LogP contribution in [-0.2, 0) is 4.79 Å². The lowest BCUT2D eigenvalue weighted by molar-refractivity contribution is -0.134. The van der Waals surface area contributed by atoms with Crippen molar-refractivity contribution in [2.75, 3.05) is 39.3 Å². The minimum atomic E-state index is -0.166. The molecule has 3 N–H and O–H groups in total. The van der Waals surface area contributed by atoms with Gasteiger partial charge in [0.25, 0.3) is 0 Å². The van der Waals surface area contributed by atoms with E-state index in [0.29, 0.717) is 17.6 Å². The summed E-state index contributed by atoms with van der Waals surface area (Å²) < 4.78 is 0. The SMILES string of the molecule is O=C([C@@H]1CCCN1C1=NC(=Nc2cc(C3CC3)[nH]n2)C2=CCCN2N1)N1CCCNCC1. The van der Waals surface area contributed by atoms with E-state index in [9.17, 15) is 4.79 Å². The van der Waals surface area contributed by atoms with E-state index in [1.807, 2.05) is 11.0 Å². The van der Waals surface area contributed by atoms with Crippen molar-refractivity contribution < 1.29 is 4.79 Å². The van der Waals surface area contributed by atoms with Crippen LogP contribution in [0.2, 0.25) is 0 Å². The predicted molar refractivity (Wildman–Crippen MR) is 121 cm³/mol. The summed E-state index contributed by atoms with van der Waals surface area (Å²) in [5, 5.41) is 13.0. The standard InChI is InChI=1S/C22H31N9O/c32-21(29-10-3-8-23-9-13-29)18-5-1-11-30(18)22-25-20(17-4-2-12-31(17)28-22)24-19-14-16(26-27-19)15-6-7-15/h4,14-15,18,23H,1-3,5-13H2,(H2,24,25,26,27,28)/t18-/m0/s1. The average Bonchev–Trinajstić information content (AvgIpc) is 3.19. The number of amides is 1. The zero-order chi connectivity index (χ0) is 21.5. The summed E-state index contributed by atoms with van der Waals surface area (Å²) in [5.74, 6) is 2.90. The smallest absolute Gasteiger partial charge is 0.245 e. The molecule has 1 aliphatic carbocycles. The third-order valence-corrected chi connectivity index (χ3v) is 6.94. The molecule has 1 aromatic heterocycles. The minimum Gasteiger partial charge on any atom is -0.340 e. The van der Waals surface area contributed by atoms with E-state index >= 15 is 0 Å². The number of nitrogens with one attached hydrogen (secondary N) is 3. The van der Waals surface area contributed by atoms with Crippen LogP contribution in [0.4, 0.5) is 5.82 Å². The van der Waals surface area contributed by atoms with E-state index in [1.165, 1.54) is 12.8 Å². The number of rotatable bonds is 3. The molecule has 0 bridgehead atoms. The zero-order valence-electron chi connectivity index (χ0n) is 18.4. The van der Waals surface area contributed by atoms with Crippen molar-refractivity contribution in [1.82, 2.24) is 35.7 Å². The van der Waals surface area contributed by atoms with Crippen molar-refractivity contribution in [2.45, 2.75) is 50.5 Å². The van der Waals surface area contributed by atoms with Crippen LogP contribution in [0.3, 0.4) is 0 Å². The van der Waals surface area contributed by atoms with Gasteiger partial charge in [-0.1, -0.05) is 6.08 Å². The van der Waals surface area contributed by atoms with Gasteiger partial charge in [0.05, 0.1) is 5.70 Å². The van der Waals surface area contributed by atoms with Crippen molar-refractivity contribution in [2.24, 2.45) is 9.98 Å². The Morgan fingerprint density at radius 2 is 2.03 bits per heavy atom. The Morgan fingerprint density at radius 1 is 1.09 bits per heavy atom. The summed E-state index contributed by atoms with van der Waals surface area (Å²) >= 11 is 0. The third kappa shape index (κ3) is 3.76. The number of H-pyrrole nitrogens is 1. The highest BCUT2D eigenvalue weighted by atomic mass is 16.2. The topological polar surface area (TPSA) is 104 Å².